The van der Waals surface area contributed by atoms with Crippen LogP contribution in [0.15, 0.2) is 60.7 Å². The molecule has 1 atom stereocenters. The monoisotopic (exact) mass is 560 g/mol. The highest BCUT2D eigenvalue weighted by atomic mass is 32.1. The predicted octanol–water partition coefficient (Wildman–Crippen LogP) is 6.25. The van der Waals surface area contributed by atoms with E-state index >= 15 is 0 Å². The fourth-order valence-electron chi connectivity index (χ4n) is 4.57. The normalized spacial score (nSPS) is 16.4. The van der Waals surface area contributed by atoms with Crippen LogP contribution in [0.5, 0.6) is 5.75 Å². The maximum atomic E-state index is 13.6. The van der Waals surface area contributed by atoms with Crippen molar-refractivity contribution in [2.24, 2.45) is 0 Å². The Kier molecular flexibility index (Phi) is 8.54. The number of Topliss-reactive ketones (excluding diaryl/α,β-unsaturated/α-hetero) is 1. The number of nitrogens with zero attached hydrogens (tertiary/aromatic N) is 2. The van der Waals surface area contributed by atoms with Gasteiger partial charge in [-0.05, 0) is 61.6 Å². The maximum Gasteiger partial charge on any atom is 0.350 e. The van der Waals surface area contributed by atoms with Gasteiger partial charge in [0, 0.05) is 5.56 Å². The zero-order valence-electron chi connectivity index (χ0n) is 23.2. The molecule has 2 aromatic carbocycles. The van der Waals surface area contributed by atoms with Gasteiger partial charge in [-0.15, -0.1) is 0 Å². The molecule has 8 nitrogen and oxygen atoms in total. The first-order chi connectivity index (χ1) is 19.1. The molecule has 1 amide bonds. The van der Waals surface area contributed by atoms with Gasteiger partial charge in [0.15, 0.2) is 5.13 Å². The molecule has 0 spiro atoms. The number of aromatic nitrogens is 1. The number of rotatable bonds is 9. The van der Waals surface area contributed by atoms with Gasteiger partial charge in [-0.3, -0.25) is 14.5 Å². The molecular formula is C31H32N2O6S. The number of aliphatic hydroxyl groups excluding tert-OH is 1. The number of thiazole rings is 1. The van der Waals surface area contributed by atoms with Gasteiger partial charge in [0.05, 0.1) is 23.9 Å². The summed E-state index contributed by atoms with van der Waals surface area (Å²) in [6.07, 6.45) is 1.63. The van der Waals surface area contributed by atoms with E-state index in [0.29, 0.717) is 34.7 Å². The number of benzene rings is 2. The molecule has 1 fully saturated rings. The molecule has 1 aromatic heterocycles. The lowest BCUT2D eigenvalue weighted by atomic mass is 9.92. The molecule has 40 heavy (non-hydrogen) atoms. The zero-order valence-corrected chi connectivity index (χ0v) is 24.0. The molecule has 0 radical (unpaired) electrons. The van der Waals surface area contributed by atoms with Gasteiger partial charge in [-0.25, -0.2) is 9.78 Å². The van der Waals surface area contributed by atoms with Crippen molar-refractivity contribution in [1.29, 1.82) is 0 Å². The Labute approximate surface area is 237 Å². The smallest absolute Gasteiger partial charge is 0.350 e. The summed E-state index contributed by atoms with van der Waals surface area (Å²) in [5, 5.41) is 11.7. The number of esters is 1. The molecule has 1 N–H and O–H groups in total. The average Bonchev–Trinajstić information content (AvgIpc) is 3.43. The topological polar surface area (TPSA) is 106 Å². The molecule has 9 heteroatoms. The Morgan fingerprint density at radius 1 is 1.18 bits per heavy atom. The number of amides is 1. The van der Waals surface area contributed by atoms with Crippen molar-refractivity contribution in [3.05, 3.63) is 93.5 Å². The molecule has 4 rings (SSSR count). The minimum atomic E-state index is -0.960. The standard InChI is InChI=1S/C31H32N2O6S/c1-7-15-39-22-13-14-23(18(5)16-22)26(34)24-25(21-11-9-20(10-12-21)17(3)4)33(29(36)27(24)35)31-32-19(6)28(40-31)30(37)38-8-2/h7,9-14,16-17,25,34H,1,8,15H2,2-6H3/t25-/m0/s1. The summed E-state index contributed by atoms with van der Waals surface area (Å²) in [5.41, 5.74) is 3.10. The van der Waals surface area contributed by atoms with E-state index in [1.54, 1.807) is 45.0 Å². The van der Waals surface area contributed by atoms with Crippen molar-refractivity contribution in [3.8, 4) is 5.75 Å². The lowest BCUT2D eigenvalue weighted by Gasteiger charge is -2.23. The zero-order chi connectivity index (χ0) is 29.1. The molecule has 0 bridgehead atoms. The molecule has 0 aliphatic carbocycles. The first kappa shape index (κ1) is 28.8. The van der Waals surface area contributed by atoms with E-state index in [-0.39, 0.29) is 33.9 Å². The maximum absolute atomic E-state index is 13.6. The number of ketones is 1. The van der Waals surface area contributed by atoms with E-state index in [0.717, 1.165) is 16.9 Å². The third-order valence-corrected chi connectivity index (χ3v) is 7.77. The van der Waals surface area contributed by atoms with Gasteiger partial charge in [-0.2, -0.15) is 0 Å². The summed E-state index contributed by atoms with van der Waals surface area (Å²) in [6, 6.07) is 11.7. The number of carbonyl (C=O) groups excluding carboxylic acids is 3. The van der Waals surface area contributed by atoms with Crippen molar-refractivity contribution in [2.75, 3.05) is 18.1 Å². The number of carbonyl (C=O) groups is 3. The SMILES string of the molecule is C=CCOc1ccc(C(O)=C2C(=O)C(=O)N(c3nc(C)c(C(=O)OCC)s3)[C@H]2c2ccc(C(C)C)cc2)c(C)c1. The highest BCUT2D eigenvalue weighted by Gasteiger charge is 2.48. The van der Waals surface area contributed by atoms with Crippen LogP contribution in [0, 0.1) is 13.8 Å². The highest BCUT2D eigenvalue weighted by molar-refractivity contribution is 7.17. The van der Waals surface area contributed by atoms with E-state index < -0.39 is 23.7 Å². The first-order valence-electron chi connectivity index (χ1n) is 13.0. The largest absolute Gasteiger partial charge is 0.507 e. The van der Waals surface area contributed by atoms with Gasteiger partial charge in [0.2, 0.25) is 0 Å². The Morgan fingerprint density at radius 2 is 1.88 bits per heavy atom. The summed E-state index contributed by atoms with van der Waals surface area (Å²) in [4.78, 5) is 45.6. The number of ether oxygens (including phenoxy) is 2. The lowest BCUT2D eigenvalue weighted by Crippen LogP contribution is -2.29. The van der Waals surface area contributed by atoms with Crippen molar-refractivity contribution >= 4 is 39.9 Å². The third kappa shape index (κ3) is 5.42. The quantitative estimate of drug-likeness (QED) is 0.108. The fourth-order valence-corrected chi connectivity index (χ4v) is 5.56. The second-order valence-corrected chi connectivity index (χ2v) is 10.7. The van der Waals surface area contributed by atoms with E-state index in [1.165, 1.54) is 4.90 Å². The predicted molar refractivity (Wildman–Crippen MR) is 155 cm³/mol. The lowest BCUT2D eigenvalue weighted by molar-refractivity contribution is -0.132. The van der Waals surface area contributed by atoms with Crippen LogP contribution in [-0.4, -0.2) is 41.0 Å². The Balaban J connectivity index is 1.89. The van der Waals surface area contributed by atoms with Crippen LogP contribution in [0.3, 0.4) is 0 Å². The van der Waals surface area contributed by atoms with Crippen LogP contribution in [-0.2, 0) is 14.3 Å². The van der Waals surface area contributed by atoms with Crippen LogP contribution < -0.4 is 9.64 Å². The molecule has 0 unspecified atom stereocenters. The number of aryl methyl sites for hydroxylation is 2. The summed E-state index contributed by atoms with van der Waals surface area (Å²) in [7, 11) is 0. The van der Waals surface area contributed by atoms with Crippen LogP contribution >= 0.6 is 11.3 Å². The van der Waals surface area contributed by atoms with Gasteiger partial charge < -0.3 is 14.6 Å². The van der Waals surface area contributed by atoms with Gasteiger partial charge in [0.1, 0.15) is 23.0 Å². The van der Waals surface area contributed by atoms with Crippen LogP contribution in [0.25, 0.3) is 5.76 Å². The van der Waals surface area contributed by atoms with E-state index in [9.17, 15) is 19.5 Å². The fraction of sp³-hybridized carbons (Fsp3) is 0.290. The van der Waals surface area contributed by atoms with Crippen molar-refractivity contribution in [3.63, 3.8) is 0 Å². The molecule has 0 saturated carbocycles. The molecule has 3 aromatic rings. The Morgan fingerprint density at radius 3 is 2.48 bits per heavy atom. The number of anilines is 1. The second kappa shape index (κ2) is 11.9. The van der Waals surface area contributed by atoms with Crippen LogP contribution in [0.1, 0.15) is 70.4 Å². The van der Waals surface area contributed by atoms with Crippen LogP contribution in [0.2, 0.25) is 0 Å². The molecule has 1 aliphatic rings. The van der Waals surface area contributed by atoms with E-state index in [1.807, 2.05) is 24.3 Å². The minimum absolute atomic E-state index is 0.0595. The Hall–Kier alpha value is -4.24. The van der Waals surface area contributed by atoms with E-state index in [2.05, 4.69) is 25.4 Å². The van der Waals surface area contributed by atoms with E-state index in [4.69, 9.17) is 9.47 Å². The van der Waals surface area contributed by atoms with Crippen molar-refractivity contribution in [2.45, 2.75) is 46.6 Å². The number of aliphatic hydroxyl groups is 1. The summed E-state index contributed by atoms with van der Waals surface area (Å²) in [6.45, 7) is 13.4. The summed E-state index contributed by atoms with van der Waals surface area (Å²) in [5.74, 6) is -1.67. The second-order valence-electron chi connectivity index (χ2n) is 9.70. The van der Waals surface area contributed by atoms with Crippen LogP contribution in [0.4, 0.5) is 5.13 Å². The van der Waals surface area contributed by atoms with Gasteiger partial charge >= 0.3 is 11.9 Å². The van der Waals surface area contributed by atoms with Gasteiger partial charge in [0.25, 0.3) is 5.78 Å². The minimum Gasteiger partial charge on any atom is -0.507 e. The summed E-state index contributed by atoms with van der Waals surface area (Å²) < 4.78 is 10.7. The molecule has 208 valence electrons. The van der Waals surface area contributed by atoms with Crippen molar-refractivity contribution < 1.29 is 29.0 Å². The van der Waals surface area contributed by atoms with Crippen molar-refractivity contribution in [1.82, 2.24) is 4.98 Å². The molecule has 1 aliphatic heterocycles. The Bertz CT molecular complexity index is 1500. The highest BCUT2D eigenvalue weighted by Crippen LogP contribution is 2.44. The summed E-state index contributed by atoms with van der Waals surface area (Å²) >= 11 is 0.978. The van der Waals surface area contributed by atoms with Gasteiger partial charge in [-0.1, -0.05) is 62.1 Å². The number of hydrogen-bond acceptors (Lipinski definition) is 8. The molecule has 2 heterocycles. The number of hydrogen-bond donors (Lipinski definition) is 1. The molecular weight excluding hydrogens is 528 g/mol. The average molecular weight is 561 g/mol. The first-order valence-corrected chi connectivity index (χ1v) is 13.8. The molecule has 1 saturated heterocycles. The third-order valence-electron chi connectivity index (χ3n) is 6.64.